The van der Waals surface area contributed by atoms with Gasteiger partial charge in [0, 0.05) is 22.8 Å². The van der Waals surface area contributed by atoms with Gasteiger partial charge in [-0.1, -0.05) is 0 Å². The molecule has 4 aromatic rings. The molecule has 0 radical (unpaired) electrons. The van der Waals surface area contributed by atoms with Gasteiger partial charge in [0.05, 0.1) is 17.7 Å². The van der Waals surface area contributed by atoms with Gasteiger partial charge in [-0.05, 0) is 73.7 Å². The first kappa shape index (κ1) is 22.8. The first-order valence-corrected chi connectivity index (χ1v) is 10.5. The Morgan fingerprint density at radius 1 is 0.941 bits per heavy atom. The number of carbonyl (C=O) groups excluding carboxylic acids is 2. The molecule has 0 aliphatic carbocycles. The summed E-state index contributed by atoms with van der Waals surface area (Å²) in [6.07, 6.45) is 1.27. The smallest absolute Gasteiger partial charge is 0.244 e. The zero-order valence-corrected chi connectivity index (χ0v) is 18.2. The standard InChI is InChI=1S/C26H20F2N2O4/c1-2-34-20-10-8-19(9-11-20)29-24(31)15-30-14-22(25(32)16-3-5-17(27)6-4-16)26(33)21-13-18(28)7-12-23(21)30/h3-14H,2,15H2,1H3,(H,29,31). The van der Waals surface area contributed by atoms with Gasteiger partial charge in [-0.25, -0.2) is 8.78 Å². The highest BCUT2D eigenvalue weighted by molar-refractivity contribution is 6.10. The van der Waals surface area contributed by atoms with Crippen LogP contribution in [0.3, 0.4) is 0 Å². The van der Waals surface area contributed by atoms with Crippen molar-refractivity contribution in [3.05, 3.63) is 106 Å². The van der Waals surface area contributed by atoms with Crippen LogP contribution in [0, 0.1) is 11.6 Å². The average Bonchev–Trinajstić information content (AvgIpc) is 2.82. The van der Waals surface area contributed by atoms with Crippen LogP contribution in [0.25, 0.3) is 10.9 Å². The fraction of sp³-hybridized carbons (Fsp3) is 0.115. The molecule has 3 aromatic carbocycles. The fourth-order valence-corrected chi connectivity index (χ4v) is 3.58. The molecule has 1 N–H and O–H groups in total. The minimum atomic E-state index is -0.674. The summed E-state index contributed by atoms with van der Waals surface area (Å²) >= 11 is 0. The van der Waals surface area contributed by atoms with Gasteiger partial charge in [0.2, 0.25) is 11.3 Å². The number of carbonyl (C=O) groups is 2. The summed E-state index contributed by atoms with van der Waals surface area (Å²) in [7, 11) is 0. The number of nitrogens with zero attached hydrogens (tertiary/aromatic N) is 1. The molecule has 1 aromatic heterocycles. The maximum atomic E-state index is 13.9. The van der Waals surface area contributed by atoms with Crippen molar-refractivity contribution in [3.63, 3.8) is 0 Å². The van der Waals surface area contributed by atoms with Crippen molar-refractivity contribution >= 4 is 28.3 Å². The van der Waals surface area contributed by atoms with Crippen molar-refractivity contribution in [3.8, 4) is 5.75 Å². The van der Waals surface area contributed by atoms with E-state index in [-0.39, 0.29) is 23.1 Å². The van der Waals surface area contributed by atoms with Gasteiger partial charge in [0.25, 0.3) is 0 Å². The number of hydrogen-bond donors (Lipinski definition) is 1. The third-order valence-corrected chi connectivity index (χ3v) is 5.16. The number of rotatable bonds is 7. The molecule has 0 atom stereocenters. The topological polar surface area (TPSA) is 77.4 Å². The van der Waals surface area contributed by atoms with Crippen molar-refractivity contribution in [2.75, 3.05) is 11.9 Å². The fourth-order valence-electron chi connectivity index (χ4n) is 3.58. The number of amides is 1. The molecule has 0 unspecified atom stereocenters. The van der Waals surface area contributed by atoms with Crippen LogP contribution in [-0.4, -0.2) is 22.9 Å². The van der Waals surface area contributed by atoms with E-state index in [2.05, 4.69) is 5.32 Å². The summed E-state index contributed by atoms with van der Waals surface area (Å²) in [5, 5.41) is 2.70. The predicted molar refractivity (Wildman–Crippen MR) is 124 cm³/mol. The van der Waals surface area contributed by atoms with E-state index in [9.17, 15) is 23.2 Å². The third-order valence-electron chi connectivity index (χ3n) is 5.16. The van der Waals surface area contributed by atoms with Gasteiger partial charge in [-0.3, -0.25) is 14.4 Å². The van der Waals surface area contributed by atoms with Gasteiger partial charge in [0.15, 0.2) is 5.78 Å². The van der Waals surface area contributed by atoms with Gasteiger partial charge in [-0.15, -0.1) is 0 Å². The van der Waals surface area contributed by atoms with Gasteiger partial charge in [0.1, 0.15) is 23.9 Å². The van der Waals surface area contributed by atoms with Crippen LogP contribution in [0.5, 0.6) is 5.75 Å². The highest BCUT2D eigenvalue weighted by atomic mass is 19.1. The van der Waals surface area contributed by atoms with Crippen LogP contribution in [0.15, 0.2) is 77.7 Å². The second kappa shape index (κ2) is 9.66. The Hall–Kier alpha value is -4.33. The normalized spacial score (nSPS) is 10.8. The number of hydrogen-bond acceptors (Lipinski definition) is 4. The van der Waals surface area contributed by atoms with Crippen LogP contribution in [0.2, 0.25) is 0 Å². The highest BCUT2D eigenvalue weighted by Gasteiger charge is 2.19. The van der Waals surface area contributed by atoms with Crippen LogP contribution in [-0.2, 0) is 11.3 Å². The minimum Gasteiger partial charge on any atom is -0.494 e. The monoisotopic (exact) mass is 462 g/mol. The molecule has 0 saturated carbocycles. The first-order valence-electron chi connectivity index (χ1n) is 10.5. The third kappa shape index (κ3) is 4.85. The number of pyridine rings is 1. The molecule has 1 heterocycles. The Morgan fingerprint density at radius 3 is 2.29 bits per heavy atom. The average molecular weight is 462 g/mol. The van der Waals surface area contributed by atoms with Gasteiger partial charge >= 0.3 is 0 Å². The maximum Gasteiger partial charge on any atom is 0.244 e. The van der Waals surface area contributed by atoms with Crippen LogP contribution in [0.4, 0.5) is 14.5 Å². The molecule has 0 fully saturated rings. The number of halogens is 2. The molecule has 0 saturated heterocycles. The van der Waals surface area contributed by atoms with Gasteiger partial charge in [-0.2, -0.15) is 0 Å². The molecule has 34 heavy (non-hydrogen) atoms. The zero-order valence-electron chi connectivity index (χ0n) is 18.2. The van der Waals surface area contributed by atoms with E-state index in [1.54, 1.807) is 24.3 Å². The van der Waals surface area contributed by atoms with Crippen molar-refractivity contribution in [2.24, 2.45) is 0 Å². The van der Waals surface area contributed by atoms with Crippen LogP contribution >= 0.6 is 0 Å². The van der Waals surface area contributed by atoms with E-state index in [4.69, 9.17) is 4.74 Å². The number of fused-ring (bicyclic) bond motifs is 1. The predicted octanol–water partition coefficient (Wildman–Crippen LogP) is 4.55. The highest BCUT2D eigenvalue weighted by Crippen LogP contribution is 2.18. The zero-order chi connectivity index (χ0) is 24.2. The molecular weight excluding hydrogens is 442 g/mol. The minimum absolute atomic E-state index is 0.0400. The van der Waals surface area contributed by atoms with Crippen molar-refractivity contribution < 1.29 is 23.1 Å². The largest absolute Gasteiger partial charge is 0.494 e. The Balaban J connectivity index is 1.69. The molecule has 172 valence electrons. The van der Waals surface area contributed by atoms with Gasteiger partial charge < -0.3 is 14.6 Å². The molecule has 0 aliphatic heterocycles. The molecule has 0 spiro atoms. The summed E-state index contributed by atoms with van der Waals surface area (Å²) in [4.78, 5) is 38.7. The van der Waals surface area contributed by atoms with Crippen molar-refractivity contribution in [1.29, 1.82) is 0 Å². The van der Waals surface area contributed by atoms with E-state index in [1.165, 1.54) is 35.0 Å². The quantitative estimate of drug-likeness (QED) is 0.409. The Labute approximate surface area is 193 Å². The Bertz CT molecular complexity index is 1430. The Morgan fingerprint density at radius 2 is 1.62 bits per heavy atom. The lowest BCUT2D eigenvalue weighted by molar-refractivity contribution is -0.116. The lowest BCUT2D eigenvalue weighted by Gasteiger charge is -2.14. The Kier molecular flexibility index (Phi) is 6.49. The van der Waals surface area contributed by atoms with Crippen molar-refractivity contribution in [2.45, 2.75) is 13.5 Å². The second-order valence-corrected chi connectivity index (χ2v) is 7.50. The number of anilines is 1. The van der Waals surface area contributed by atoms with E-state index in [0.29, 0.717) is 23.6 Å². The molecule has 6 nitrogen and oxygen atoms in total. The van der Waals surface area contributed by atoms with E-state index in [0.717, 1.165) is 18.2 Å². The van der Waals surface area contributed by atoms with Crippen LogP contribution < -0.4 is 15.5 Å². The summed E-state index contributed by atoms with van der Waals surface area (Å²) < 4.78 is 34.0. The lowest BCUT2D eigenvalue weighted by Crippen LogP contribution is -2.24. The van der Waals surface area contributed by atoms with Crippen LogP contribution in [0.1, 0.15) is 22.8 Å². The molecule has 4 rings (SSSR count). The number of ether oxygens (including phenoxy) is 1. The molecule has 8 heteroatoms. The number of aromatic nitrogens is 1. The van der Waals surface area contributed by atoms with Crippen molar-refractivity contribution in [1.82, 2.24) is 4.57 Å². The molecule has 0 bridgehead atoms. The summed E-state index contributed by atoms with van der Waals surface area (Å²) in [5.74, 6) is -1.59. The number of ketones is 1. The summed E-state index contributed by atoms with van der Waals surface area (Å²) in [5.41, 5.74) is 0.00146. The second-order valence-electron chi connectivity index (χ2n) is 7.50. The lowest BCUT2D eigenvalue weighted by atomic mass is 10.0. The SMILES string of the molecule is CCOc1ccc(NC(=O)Cn2cc(C(=O)c3ccc(F)cc3)c(=O)c3cc(F)ccc32)cc1. The summed E-state index contributed by atoms with van der Waals surface area (Å²) in [6.45, 7) is 2.15. The summed E-state index contributed by atoms with van der Waals surface area (Å²) in [6, 6.07) is 15.1. The molecule has 1 amide bonds. The molecule has 0 aliphatic rings. The van der Waals surface area contributed by atoms with E-state index >= 15 is 0 Å². The molecular formula is C26H20F2N2O4. The van der Waals surface area contributed by atoms with E-state index < -0.39 is 28.8 Å². The van der Waals surface area contributed by atoms with E-state index in [1.807, 2.05) is 6.92 Å². The first-order chi connectivity index (χ1) is 16.4. The maximum absolute atomic E-state index is 13.9. The number of nitrogens with one attached hydrogen (secondary N) is 1. The number of benzene rings is 3.